The van der Waals surface area contributed by atoms with Gasteiger partial charge in [-0.3, -0.25) is 4.79 Å². The number of carbonyl (C=O) groups is 3. The molecule has 0 radical (unpaired) electrons. The van der Waals surface area contributed by atoms with Gasteiger partial charge in [-0.15, -0.1) is 0 Å². The third-order valence-corrected chi connectivity index (χ3v) is 4.78. The first-order valence-electron chi connectivity index (χ1n) is 9.86. The second kappa shape index (κ2) is 13.7. The van der Waals surface area contributed by atoms with Crippen molar-refractivity contribution in [2.24, 2.45) is 0 Å². The molecule has 0 aliphatic carbocycles. The first kappa shape index (κ1) is 24.7. The lowest BCUT2D eigenvalue weighted by atomic mass is 10.2. The Kier molecular flexibility index (Phi) is 10.5. The second-order valence-electron chi connectivity index (χ2n) is 6.35. The topological polar surface area (TPSA) is 78.9 Å². The molecule has 0 saturated heterocycles. The summed E-state index contributed by atoms with van der Waals surface area (Å²) in [5.41, 5.74) is 0.806. The summed E-state index contributed by atoms with van der Waals surface area (Å²) in [4.78, 5) is 35.1. The number of carbonyl (C=O) groups excluding carboxylic acids is 3. The molecule has 0 N–H and O–H groups in total. The molecular formula is C25H24O6S. The van der Waals surface area contributed by atoms with Crippen LogP contribution in [0.2, 0.25) is 0 Å². The minimum Gasteiger partial charge on any atom is -0.494 e. The molecule has 0 saturated carbocycles. The van der Waals surface area contributed by atoms with Crippen molar-refractivity contribution in [1.29, 1.82) is 0 Å². The predicted octanol–water partition coefficient (Wildman–Crippen LogP) is 5.00. The highest BCUT2D eigenvalue weighted by Crippen LogP contribution is 2.23. The summed E-state index contributed by atoms with van der Waals surface area (Å²) in [6.07, 6.45) is 6.87. The van der Waals surface area contributed by atoms with Gasteiger partial charge in [0.05, 0.1) is 13.2 Å². The van der Waals surface area contributed by atoms with Crippen LogP contribution in [0.5, 0.6) is 11.5 Å². The van der Waals surface area contributed by atoms with Gasteiger partial charge in [0, 0.05) is 17.0 Å². The van der Waals surface area contributed by atoms with Crippen molar-refractivity contribution in [3.63, 3.8) is 0 Å². The Hall–Kier alpha value is -3.58. The summed E-state index contributed by atoms with van der Waals surface area (Å²) in [7, 11) is 0. The van der Waals surface area contributed by atoms with E-state index in [2.05, 4.69) is 13.2 Å². The zero-order chi connectivity index (χ0) is 23.2. The van der Waals surface area contributed by atoms with Gasteiger partial charge in [0.1, 0.15) is 11.5 Å². The Balaban J connectivity index is 1.73. The smallest absolute Gasteiger partial charge is 0.335 e. The first-order valence-corrected chi connectivity index (χ1v) is 10.7. The fourth-order valence-electron chi connectivity index (χ4n) is 2.35. The molecule has 0 unspecified atom stereocenters. The van der Waals surface area contributed by atoms with Gasteiger partial charge in [-0.2, -0.15) is 0 Å². The normalized spacial score (nSPS) is 10.4. The molecule has 0 aliphatic heterocycles. The zero-order valence-electron chi connectivity index (χ0n) is 17.5. The van der Waals surface area contributed by atoms with Crippen LogP contribution in [0.1, 0.15) is 18.4 Å². The Morgan fingerprint density at radius 3 is 2.09 bits per heavy atom. The highest BCUT2D eigenvalue weighted by atomic mass is 32.2. The molecule has 6 nitrogen and oxygen atoms in total. The summed E-state index contributed by atoms with van der Waals surface area (Å²) < 4.78 is 15.5. The van der Waals surface area contributed by atoms with Gasteiger partial charge in [-0.1, -0.05) is 31.4 Å². The highest BCUT2D eigenvalue weighted by molar-refractivity contribution is 8.14. The van der Waals surface area contributed by atoms with Crippen molar-refractivity contribution in [1.82, 2.24) is 0 Å². The first-order chi connectivity index (χ1) is 15.5. The lowest BCUT2D eigenvalue weighted by Gasteiger charge is -2.07. The SMILES string of the molecule is C=CC(=O)OCCCCOc1ccc(SC(=O)/C=C/c2ccc(OC(=O)C=C)cc2)cc1. The average Bonchev–Trinajstić information content (AvgIpc) is 2.81. The molecular weight excluding hydrogens is 428 g/mol. The Morgan fingerprint density at radius 1 is 0.812 bits per heavy atom. The maximum atomic E-state index is 12.2. The lowest BCUT2D eigenvalue weighted by molar-refractivity contribution is -0.138. The molecule has 0 amide bonds. The number of thioether (sulfide) groups is 1. The van der Waals surface area contributed by atoms with Gasteiger partial charge in [0.2, 0.25) is 5.12 Å². The molecule has 0 spiro atoms. The maximum absolute atomic E-state index is 12.2. The van der Waals surface area contributed by atoms with E-state index in [0.717, 1.165) is 40.8 Å². The minimum absolute atomic E-state index is 0.116. The van der Waals surface area contributed by atoms with Gasteiger partial charge in [-0.05, 0) is 72.6 Å². The van der Waals surface area contributed by atoms with E-state index in [9.17, 15) is 14.4 Å². The Labute approximate surface area is 191 Å². The van der Waals surface area contributed by atoms with Crippen LogP contribution >= 0.6 is 11.8 Å². The maximum Gasteiger partial charge on any atom is 0.335 e. The van der Waals surface area contributed by atoms with E-state index in [1.807, 2.05) is 12.1 Å². The van der Waals surface area contributed by atoms with E-state index in [4.69, 9.17) is 14.2 Å². The molecule has 0 aromatic heterocycles. The van der Waals surface area contributed by atoms with Crippen molar-refractivity contribution in [2.45, 2.75) is 17.7 Å². The zero-order valence-corrected chi connectivity index (χ0v) is 18.3. The number of unbranched alkanes of at least 4 members (excludes halogenated alkanes) is 1. The fraction of sp³-hybridized carbons (Fsp3) is 0.160. The van der Waals surface area contributed by atoms with Crippen LogP contribution in [0.25, 0.3) is 6.08 Å². The Bertz CT molecular complexity index is 961. The molecule has 2 aromatic rings. The van der Waals surface area contributed by atoms with Gasteiger partial charge in [-0.25, -0.2) is 9.59 Å². The molecule has 0 fully saturated rings. The second-order valence-corrected chi connectivity index (χ2v) is 7.43. The summed E-state index contributed by atoms with van der Waals surface area (Å²) >= 11 is 1.11. The van der Waals surface area contributed by atoms with Crippen LogP contribution in [0.4, 0.5) is 0 Å². The van der Waals surface area contributed by atoms with Gasteiger partial charge in [0.15, 0.2) is 0 Å². The van der Waals surface area contributed by atoms with Crippen molar-refractivity contribution in [3.8, 4) is 11.5 Å². The quantitative estimate of drug-likeness (QED) is 0.147. The number of esters is 2. The number of hydrogen-bond donors (Lipinski definition) is 0. The molecule has 7 heteroatoms. The van der Waals surface area contributed by atoms with Crippen LogP contribution in [0, 0.1) is 0 Å². The number of benzene rings is 2. The molecule has 0 bridgehead atoms. The van der Waals surface area contributed by atoms with E-state index < -0.39 is 11.9 Å². The molecule has 166 valence electrons. The number of hydrogen-bond acceptors (Lipinski definition) is 7. The molecule has 32 heavy (non-hydrogen) atoms. The van der Waals surface area contributed by atoms with E-state index in [0.29, 0.717) is 31.1 Å². The minimum atomic E-state index is -0.525. The summed E-state index contributed by atoms with van der Waals surface area (Å²) in [5.74, 6) is 0.166. The number of rotatable bonds is 12. The fourth-order valence-corrected chi connectivity index (χ4v) is 2.99. The Morgan fingerprint density at radius 2 is 1.44 bits per heavy atom. The largest absolute Gasteiger partial charge is 0.494 e. The van der Waals surface area contributed by atoms with Crippen LogP contribution in [-0.4, -0.2) is 30.3 Å². The predicted molar refractivity (Wildman–Crippen MR) is 124 cm³/mol. The molecule has 2 aromatic carbocycles. The van der Waals surface area contributed by atoms with E-state index >= 15 is 0 Å². The third-order valence-electron chi connectivity index (χ3n) is 3.94. The average molecular weight is 453 g/mol. The monoisotopic (exact) mass is 452 g/mol. The van der Waals surface area contributed by atoms with Gasteiger partial charge < -0.3 is 14.2 Å². The highest BCUT2D eigenvalue weighted by Gasteiger charge is 2.03. The molecule has 2 rings (SSSR count). The van der Waals surface area contributed by atoms with Crippen LogP contribution in [-0.2, 0) is 19.1 Å². The van der Waals surface area contributed by atoms with Crippen LogP contribution in [0.15, 0.2) is 84.8 Å². The van der Waals surface area contributed by atoms with Crippen LogP contribution < -0.4 is 9.47 Å². The van der Waals surface area contributed by atoms with E-state index in [-0.39, 0.29) is 5.12 Å². The van der Waals surface area contributed by atoms with Crippen molar-refractivity contribution in [2.75, 3.05) is 13.2 Å². The molecule has 0 aliphatic rings. The summed E-state index contributed by atoms with van der Waals surface area (Å²) in [5, 5.41) is -0.116. The van der Waals surface area contributed by atoms with Gasteiger partial charge in [0.25, 0.3) is 0 Å². The summed E-state index contributed by atoms with van der Waals surface area (Å²) in [6, 6.07) is 14.0. The van der Waals surface area contributed by atoms with Crippen LogP contribution in [0.3, 0.4) is 0 Å². The van der Waals surface area contributed by atoms with Crippen molar-refractivity contribution >= 4 is 34.9 Å². The molecule has 0 atom stereocenters. The van der Waals surface area contributed by atoms with Crippen molar-refractivity contribution < 1.29 is 28.6 Å². The van der Waals surface area contributed by atoms with E-state index in [1.165, 1.54) is 6.08 Å². The van der Waals surface area contributed by atoms with E-state index in [1.54, 1.807) is 42.5 Å². The molecule has 0 heterocycles. The third kappa shape index (κ3) is 9.49. The van der Waals surface area contributed by atoms with Crippen molar-refractivity contribution in [3.05, 3.63) is 85.5 Å². The van der Waals surface area contributed by atoms with Gasteiger partial charge >= 0.3 is 11.9 Å². The number of ether oxygens (including phenoxy) is 3. The standard InChI is InChI=1S/C25H24O6S/c1-3-23(26)30-18-6-5-17-29-20-12-14-22(15-13-20)32-25(28)16-9-19-7-10-21(11-8-19)31-24(27)4-2/h3-4,7-16H,1-2,5-6,17-18H2/b16-9+. The lowest BCUT2D eigenvalue weighted by Crippen LogP contribution is -2.04. The summed E-state index contributed by atoms with van der Waals surface area (Å²) in [6.45, 7) is 7.52.